The molecule has 7 rings (SSSR count). The number of allylic oxidation sites excluding steroid dienone is 4. The van der Waals surface area contributed by atoms with Crippen LogP contribution >= 0.6 is 0 Å². The SMILES string of the molecule is C#Cc1ccc(CC2CCC(C(C(=O)CCc3ccccc3)c3ccc(C4=CC(C)C=C4)cc3)CC2)cc1C1CCc2ccccc2C1. The number of hydrogen-bond acceptors (Lipinski definition) is 1. The molecule has 1 saturated carbocycles. The van der Waals surface area contributed by atoms with Gasteiger partial charge in [-0.3, -0.25) is 4.79 Å². The van der Waals surface area contributed by atoms with Gasteiger partial charge < -0.3 is 0 Å². The lowest BCUT2D eigenvalue weighted by molar-refractivity contribution is -0.122. The predicted octanol–water partition coefficient (Wildman–Crippen LogP) is 10.9. The van der Waals surface area contributed by atoms with Crippen molar-refractivity contribution in [3.05, 3.63) is 160 Å². The lowest BCUT2D eigenvalue weighted by Crippen LogP contribution is -2.27. The van der Waals surface area contributed by atoms with Crippen LogP contribution in [0.1, 0.15) is 102 Å². The van der Waals surface area contributed by atoms with E-state index in [1.807, 2.05) is 6.07 Å². The van der Waals surface area contributed by atoms with Crippen LogP contribution in [0.5, 0.6) is 0 Å². The molecule has 242 valence electrons. The molecule has 3 unspecified atom stereocenters. The molecule has 3 aliphatic carbocycles. The molecular formula is C47H48O. The van der Waals surface area contributed by atoms with E-state index in [9.17, 15) is 4.79 Å². The number of rotatable bonds is 10. The minimum Gasteiger partial charge on any atom is -0.299 e. The van der Waals surface area contributed by atoms with Crippen LogP contribution in [0.2, 0.25) is 0 Å². The Balaban J connectivity index is 1.04. The molecule has 4 aromatic carbocycles. The Kier molecular flexibility index (Phi) is 9.90. The van der Waals surface area contributed by atoms with Crippen LogP contribution in [0.3, 0.4) is 0 Å². The second-order valence-corrected chi connectivity index (χ2v) is 14.7. The molecule has 48 heavy (non-hydrogen) atoms. The van der Waals surface area contributed by atoms with Crippen LogP contribution in [0.25, 0.3) is 5.57 Å². The second-order valence-electron chi connectivity index (χ2n) is 14.7. The maximum absolute atomic E-state index is 14.1. The van der Waals surface area contributed by atoms with Gasteiger partial charge in [-0.05, 0) is 132 Å². The number of benzene rings is 4. The Morgan fingerprint density at radius 1 is 0.833 bits per heavy atom. The highest BCUT2D eigenvalue weighted by Gasteiger charge is 2.33. The fourth-order valence-corrected chi connectivity index (χ4v) is 8.74. The van der Waals surface area contributed by atoms with Gasteiger partial charge >= 0.3 is 0 Å². The lowest BCUT2D eigenvalue weighted by atomic mass is 9.70. The van der Waals surface area contributed by atoms with Gasteiger partial charge in [-0.2, -0.15) is 0 Å². The van der Waals surface area contributed by atoms with Gasteiger partial charge in [0.25, 0.3) is 0 Å². The van der Waals surface area contributed by atoms with Crippen LogP contribution in [0.4, 0.5) is 0 Å². The smallest absolute Gasteiger partial charge is 0.140 e. The molecule has 3 atom stereocenters. The first-order valence-corrected chi connectivity index (χ1v) is 18.3. The van der Waals surface area contributed by atoms with Gasteiger partial charge in [0.1, 0.15) is 5.78 Å². The third-order valence-electron chi connectivity index (χ3n) is 11.4. The molecule has 0 saturated heterocycles. The molecule has 0 radical (unpaired) electrons. The van der Waals surface area contributed by atoms with Gasteiger partial charge in [0.05, 0.1) is 0 Å². The Morgan fingerprint density at radius 2 is 1.58 bits per heavy atom. The molecule has 0 aromatic heterocycles. The molecule has 4 aromatic rings. The lowest BCUT2D eigenvalue weighted by Gasteiger charge is -2.34. The van der Waals surface area contributed by atoms with Gasteiger partial charge in [-0.25, -0.2) is 0 Å². The van der Waals surface area contributed by atoms with Crippen molar-refractivity contribution in [3.63, 3.8) is 0 Å². The Labute approximate surface area is 288 Å². The summed E-state index contributed by atoms with van der Waals surface area (Å²) >= 11 is 0. The van der Waals surface area contributed by atoms with E-state index >= 15 is 0 Å². The quantitative estimate of drug-likeness (QED) is 0.160. The maximum atomic E-state index is 14.1. The summed E-state index contributed by atoms with van der Waals surface area (Å²) in [6.07, 6.45) is 23.2. The summed E-state index contributed by atoms with van der Waals surface area (Å²) in [5.74, 6) is 5.36. The van der Waals surface area contributed by atoms with Crippen LogP contribution in [0.15, 0.2) is 115 Å². The van der Waals surface area contributed by atoms with E-state index in [0.29, 0.717) is 35.9 Å². The van der Waals surface area contributed by atoms with Crippen molar-refractivity contribution >= 4 is 11.4 Å². The van der Waals surface area contributed by atoms with Crippen molar-refractivity contribution in [1.29, 1.82) is 0 Å². The number of fused-ring (bicyclic) bond motifs is 1. The average Bonchev–Trinajstić information content (AvgIpc) is 3.58. The normalized spacial score (nSPS) is 22.4. The minimum atomic E-state index is -0.0357. The van der Waals surface area contributed by atoms with Crippen LogP contribution in [-0.4, -0.2) is 5.78 Å². The summed E-state index contributed by atoms with van der Waals surface area (Å²) in [7, 11) is 0. The molecule has 1 heteroatoms. The fourth-order valence-electron chi connectivity index (χ4n) is 8.74. The Hall–Kier alpha value is -4.41. The molecule has 0 heterocycles. The highest BCUT2D eigenvalue weighted by atomic mass is 16.1. The van der Waals surface area contributed by atoms with Crippen LogP contribution in [0, 0.1) is 30.1 Å². The first-order chi connectivity index (χ1) is 23.5. The van der Waals surface area contributed by atoms with E-state index in [-0.39, 0.29) is 5.92 Å². The van der Waals surface area contributed by atoms with E-state index in [2.05, 4.69) is 122 Å². The molecule has 0 bridgehead atoms. The molecular weight excluding hydrogens is 581 g/mol. The summed E-state index contributed by atoms with van der Waals surface area (Å²) in [5, 5.41) is 0. The number of Topliss-reactive ketones (excluding diaryl/α,β-unsaturated/α-hetero) is 1. The maximum Gasteiger partial charge on any atom is 0.140 e. The largest absolute Gasteiger partial charge is 0.299 e. The van der Waals surface area contributed by atoms with Crippen molar-refractivity contribution in [2.45, 2.75) is 83.0 Å². The third-order valence-corrected chi connectivity index (χ3v) is 11.4. The van der Waals surface area contributed by atoms with Crippen LogP contribution in [-0.2, 0) is 30.5 Å². The zero-order valence-electron chi connectivity index (χ0n) is 28.4. The van der Waals surface area contributed by atoms with Crippen molar-refractivity contribution in [2.24, 2.45) is 17.8 Å². The second kappa shape index (κ2) is 14.8. The highest BCUT2D eigenvalue weighted by molar-refractivity contribution is 5.86. The van der Waals surface area contributed by atoms with Crippen molar-refractivity contribution in [2.75, 3.05) is 0 Å². The van der Waals surface area contributed by atoms with Gasteiger partial charge in [0.15, 0.2) is 0 Å². The summed E-state index contributed by atoms with van der Waals surface area (Å²) in [5.41, 5.74) is 11.8. The number of carbonyl (C=O) groups excluding carboxylic acids is 1. The van der Waals surface area contributed by atoms with Gasteiger partial charge in [0, 0.05) is 17.9 Å². The summed E-state index contributed by atoms with van der Waals surface area (Å²) in [6, 6.07) is 35.2. The molecule has 1 fully saturated rings. The standard InChI is InChI=1S/C47H48O/c1-3-37-19-16-36(31-45(37)44-27-24-38-11-7-8-12-42(38)32-44)30-35-14-20-40(21-15-35)47(46(48)28-17-34-9-5-4-6-10-34)41-25-22-39(23-26-41)43-18-13-33(2)29-43/h1,4-13,16,18-19,22-23,25-26,29,31,33,35,40,44,47H,14-15,17,20-21,24,27-28,30,32H2,2H3. The topological polar surface area (TPSA) is 17.1 Å². The Morgan fingerprint density at radius 3 is 2.31 bits per heavy atom. The zero-order valence-corrected chi connectivity index (χ0v) is 28.4. The van der Waals surface area contributed by atoms with E-state index < -0.39 is 0 Å². The van der Waals surface area contributed by atoms with Gasteiger partial charge in [-0.1, -0.05) is 122 Å². The number of hydrogen-bond donors (Lipinski definition) is 0. The molecule has 1 nitrogen and oxygen atoms in total. The van der Waals surface area contributed by atoms with E-state index in [1.165, 1.54) is 57.4 Å². The molecule has 0 amide bonds. The summed E-state index contributed by atoms with van der Waals surface area (Å²) < 4.78 is 0. The molecule has 3 aliphatic rings. The molecule has 0 N–H and O–H groups in total. The van der Waals surface area contributed by atoms with E-state index in [0.717, 1.165) is 50.5 Å². The highest BCUT2D eigenvalue weighted by Crippen LogP contribution is 2.42. The molecule has 0 aliphatic heterocycles. The van der Waals surface area contributed by atoms with E-state index in [4.69, 9.17) is 6.42 Å². The average molecular weight is 629 g/mol. The molecule has 0 spiro atoms. The van der Waals surface area contributed by atoms with Crippen LogP contribution < -0.4 is 0 Å². The zero-order chi connectivity index (χ0) is 32.9. The number of ketones is 1. The fraction of sp³-hybridized carbons (Fsp3) is 0.340. The first-order valence-electron chi connectivity index (χ1n) is 18.3. The summed E-state index contributed by atoms with van der Waals surface area (Å²) in [4.78, 5) is 14.1. The Bertz CT molecular complexity index is 1820. The first kappa shape index (κ1) is 32.2. The third kappa shape index (κ3) is 7.34. The minimum absolute atomic E-state index is 0.0357. The summed E-state index contributed by atoms with van der Waals surface area (Å²) in [6.45, 7) is 2.22. The predicted molar refractivity (Wildman–Crippen MR) is 200 cm³/mol. The number of aryl methyl sites for hydroxylation is 2. The van der Waals surface area contributed by atoms with Crippen molar-refractivity contribution in [3.8, 4) is 12.3 Å². The number of terminal acetylenes is 1. The number of carbonyl (C=O) groups is 1. The van der Waals surface area contributed by atoms with Gasteiger partial charge in [-0.15, -0.1) is 6.42 Å². The van der Waals surface area contributed by atoms with Gasteiger partial charge in [0.2, 0.25) is 0 Å². The monoisotopic (exact) mass is 628 g/mol. The van der Waals surface area contributed by atoms with Crippen molar-refractivity contribution < 1.29 is 4.79 Å². The van der Waals surface area contributed by atoms with E-state index in [1.54, 1.807) is 0 Å². The van der Waals surface area contributed by atoms with Crippen molar-refractivity contribution in [1.82, 2.24) is 0 Å².